The van der Waals surface area contributed by atoms with Crippen LogP contribution in [0, 0.1) is 13.8 Å². The highest BCUT2D eigenvalue weighted by Crippen LogP contribution is 2.15. The number of hydrogen-bond acceptors (Lipinski definition) is 2. The standard InChI is InChI=1S/C22H26N2O/c1-18-10-11-19(2)21(17-18)22(25)24-15-13-23(14-16-24)12-6-9-20-7-4-3-5-8-20/h3-11,17H,12-16H2,1-2H3. The minimum absolute atomic E-state index is 0.167. The lowest BCUT2D eigenvalue weighted by molar-refractivity contribution is 0.0649. The van der Waals surface area contributed by atoms with Gasteiger partial charge in [0, 0.05) is 38.3 Å². The molecule has 0 atom stereocenters. The van der Waals surface area contributed by atoms with Crippen molar-refractivity contribution in [1.82, 2.24) is 9.80 Å². The smallest absolute Gasteiger partial charge is 0.254 e. The monoisotopic (exact) mass is 334 g/mol. The van der Waals surface area contributed by atoms with Crippen molar-refractivity contribution < 1.29 is 4.79 Å². The molecule has 1 fully saturated rings. The molecule has 3 nitrogen and oxygen atoms in total. The van der Waals surface area contributed by atoms with E-state index < -0.39 is 0 Å². The zero-order valence-electron chi connectivity index (χ0n) is 15.1. The Labute approximate surface area is 150 Å². The van der Waals surface area contributed by atoms with Gasteiger partial charge in [-0.1, -0.05) is 60.2 Å². The predicted octanol–water partition coefficient (Wildman–Crippen LogP) is 3.77. The van der Waals surface area contributed by atoms with Crippen LogP contribution in [-0.2, 0) is 0 Å². The van der Waals surface area contributed by atoms with Crippen molar-refractivity contribution in [2.45, 2.75) is 13.8 Å². The number of piperazine rings is 1. The molecule has 1 aliphatic rings. The quantitative estimate of drug-likeness (QED) is 0.850. The summed E-state index contributed by atoms with van der Waals surface area (Å²) in [6.45, 7) is 8.42. The van der Waals surface area contributed by atoms with Crippen molar-refractivity contribution in [3.63, 3.8) is 0 Å². The molecule has 0 aromatic heterocycles. The van der Waals surface area contributed by atoms with Crippen molar-refractivity contribution in [3.8, 4) is 0 Å². The molecule has 1 heterocycles. The van der Waals surface area contributed by atoms with Gasteiger partial charge in [0.2, 0.25) is 0 Å². The zero-order chi connectivity index (χ0) is 17.6. The molecule has 3 heteroatoms. The van der Waals surface area contributed by atoms with Gasteiger partial charge in [-0.2, -0.15) is 0 Å². The molecule has 1 amide bonds. The molecule has 3 rings (SSSR count). The van der Waals surface area contributed by atoms with Gasteiger partial charge in [-0.3, -0.25) is 9.69 Å². The Kier molecular flexibility index (Phi) is 5.67. The van der Waals surface area contributed by atoms with Gasteiger partial charge in [-0.15, -0.1) is 0 Å². The van der Waals surface area contributed by atoms with E-state index in [0.717, 1.165) is 49.4 Å². The van der Waals surface area contributed by atoms with Crippen LogP contribution in [0.5, 0.6) is 0 Å². The second kappa shape index (κ2) is 8.13. The third kappa shape index (κ3) is 4.58. The van der Waals surface area contributed by atoms with Crippen molar-refractivity contribution >= 4 is 12.0 Å². The predicted molar refractivity (Wildman–Crippen MR) is 104 cm³/mol. The van der Waals surface area contributed by atoms with Crippen LogP contribution in [0.2, 0.25) is 0 Å². The van der Waals surface area contributed by atoms with Crippen molar-refractivity contribution in [2.24, 2.45) is 0 Å². The number of nitrogens with zero attached hydrogens (tertiary/aromatic N) is 2. The summed E-state index contributed by atoms with van der Waals surface area (Å²) in [5.74, 6) is 0.167. The molecular formula is C22H26N2O. The summed E-state index contributed by atoms with van der Waals surface area (Å²) in [6.07, 6.45) is 4.37. The van der Waals surface area contributed by atoms with Crippen LogP contribution >= 0.6 is 0 Å². The highest BCUT2D eigenvalue weighted by molar-refractivity contribution is 5.95. The summed E-state index contributed by atoms with van der Waals surface area (Å²) >= 11 is 0. The Morgan fingerprint density at radius 1 is 1.00 bits per heavy atom. The molecule has 0 unspecified atom stereocenters. The van der Waals surface area contributed by atoms with Crippen LogP contribution in [0.1, 0.15) is 27.0 Å². The SMILES string of the molecule is Cc1ccc(C)c(C(=O)N2CCN(CC=Cc3ccccc3)CC2)c1. The first kappa shape index (κ1) is 17.4. The van der Waals surface area contributed by atoms with Crippen LogP contribution in [0.4, 0.5) is 0 Å². The Morgan fingerprint density at radius 2 is 1.72 bits per heavy atom. The van der Waals surface area contributed by atoms with E-state index in [2.05, 4.69) is 47.4 Å². The van der Waals surface area contributed by atoms with E-state index in [0.29, 0.717) is 0 Å². The lowest BCUT2D eigenvalue weighted by Gasteiger charge is -2.34. The number of carbonyl (C=O) groups excluding carboxylic acids is 1. The maximum Gasteiger partial charge on any atom is 0.254 e. The average molecular weight is 334 g/mol. The zero-order valence-corrected chi connectivity index (χ0v) is 15.1. The van der Waals surface area contributed by atoms with Gasteiger partial charge in [-0.05, 0) is 31.0 Å². The first-order valence-corrected chi connectivity index (χ1v) is 8.94. The molecule has 0 N–H and O–H groups in total. The van der Waals surface area contributed by atoms with Crippen LogP contribution in [0.3, 0.4) is 0 Å². The summed E-state index contributed by atoms with van der Waals surface area (Å²) in [4.78, 5) is 17.2. The molecule has 130 valence electrons. The molecule has 1 aliphatic heterocycles. The molecule has 2 aromatic rings. The molecule has 0 radical (unpaired) electrons. The Bertz CT molecular complexity index is 744. The Balaban J connectivity index is 1.52. The van der Waals surface area contributed by atoms with Gasteiger partial charge in [0.15, 0.2) is 0 Å². The fraction of sp³-hybridized carbons (Fsp3) is 0.318. The summed E-state index contributed by atoms with van der Waals surface area (Å²) in [5.41, 5.74) is 4.27. The molecule has 0 saturated carbocycles. The number of benzene rings is 2. The number of carbonyl (C=O) groups is 1. The van der Waals surface area contributed by atoms with Crippen LogP contribution in [-0.4, -0.2) is 48.4 Å². The molecule has 2 aromatic carbocycles. The third-order valence-corrected chi connectivity index (χ3v) is 4.76. The fourth-order valence-corrected chi connectivity index (χ4v) is 3.17. The van der Waals surface area contributed by atoms with Crippen LogP contribution < -0.4 is 0 Å². The summed E-state index contributed by atoms with van der Waals surface area (Å²) in [5, 5.41) is 0. The normalized spacial score (nSPS) is 15.7. The molecule has 0 bridgehead atoms. The second-order valence-electron chi connectivity index (χ2n) is 6.72. The van der Waals surface area contributed by atoms with Gasteiger partial charge < -0.3 is 4.90 Å². The van der Waals surface area contributed by atoms with E-state index >= 15 is 0 Å². The van der Waals surface area contributed by atoms with E-state index in [9.17, 15) is 4.79 Å². The van der Waals surface area contributed by atoms with E-state index in [1.54, 1.807) is 0 Å². The number of rotatable bonds is 4. The summed E-state index contributed by atoms with van der Waals surface area (Å²) in [6, 6.07) is 16.5. The molecule has 0 spiro atoms. The molecule has 0 aliphatic carbocycles. The second-order valence-corrected chi connectivity index (χ2v) is 6.72. The minimum atomic E-state index is 0.167. The lowest BCUT2D eigenvalue weighted by Crippen LogP contribution is -2.48. The van der Waals surface area contributed by atoms with Crippen molar-refractivity contribution in [2.75, 3.05) is 32.7 Å². The minimum Gasteiger partial charge on any atom is -0.336 e. The molecule has 25 heavy (non-hydrogen) atoms. The topological polar surface area (TPSA) is 23.6 Å². The highest BCUT2D eigenvalue weighted by Gasteiger charge is 2.22. The Hall–Kier alpha value is -2.39. The average Bonchev–Trinajstić information content (AvgIpc) is 2.65. The van der Waals surface area contributed by atoms with Gasteiger partial charge in [-0.25, -0.2) is 0 Å². The van der Waals surface area contributed by atoms with Crippen molar-refractivity contribution in [3.05, 3.63) is 76.9 Å². The van der Waals surface area contributed by atoms with Gasteiger partial charge in [0.25, 0.3) is 5.91 Å². The fourth-order valence-electron chi connectivity index (χ4n) is 3.17. The molecule has 1 saturated heterocycles. The van der Waals surface area contributed by atoms with E-state index in [4.69, 9.17) is 0 Å². The third-order valence-electron chi connectivity index (χ3n) is 4.76. The number of hydrogen-bond donors (Lipinski definition) is 0. The largest absolute Gasteiger partial charge is 0.336 e. The lowest BCUT2D eigenvalue weighted by atomic mass is 10.0. The maximum absolute atomic E-state index is 12.8. The summed E-state index contributed by atoms with van der Waals surface area (Å²) < 4.78 is 0. The van der Waals surface area contributed by atoms with Gasteiger partial charge in [0.05, 0.1) is 0 Å². The highest BCUT2D eigenvalue weighted by atomic mass is 16.2. The van der Waals surface area contributed by atoms with E-state index in [1.807, 2.05) is 36.9 Å². The van der Waals surface area contributed by atoms with E-state index in [1.165, 1.54) is 5.56 Å². The number of amides is 1. The first-order chi connectivity index (χ1) is 12.1. The van der Waals surface area contributed by atoms with Crippen LogP contribution in [0.15, 0.2) is 54.6 Å². The van der Waals surface area contributed by atoms with Crippen LogP contribution in [0.25, 0.3) is 6.08 Å². The maximum atomic E-state index is 12.8. The van der Waals surface area contributed by atoms with Gasteiger partial charge >= 0.3 is 0 Å². The molecular weight excluding hydrogens is 308 g/mol. The first-order valence-electron chi connectivity index (χ1n) is 8.94. The van der Waals surface area contributed by atoms with E-state index in [-0.39, 0.29) is 5.91 Å². The number of aryl methyl sites for hydroxylation is 2. The Morgan fingerprint density at radius 3 is 2.44 bits per heavy atom. The van der Waals surface area contributed by atoms with Gasteiger partial charge in [0.1, 0.15) is 0 Å². The van der Waals surface area contributed by atoms with Crippen molar-refractivity contribution in [1.29, 1.82) is 0 Å². The summed E-state index contributed by atoms with van der Waals surface area (Å²) in [7, 11) is 0.